The van der Waals surface area contributed by atoms with Gasteiger partial charge in [0.05, 0.1) is 24.8 Å². The number of hydrogen-bond donors (Lipinski definition) is 1. The van der Waals surface area contributed by atoms with Crippen molar-refractivity contribution in [1.29, 1.82) is 0 Å². The van der Waals surface area contributed by atoms with Crippen molar-refractivity contribution in [2.75, 3.05) is 14.2 Å². The van der Waals surface area contributed by atoms with E-state index in [9.17, 15) is 14.9 Å². The number of rotatable bonds is 4. The van der Waals surface area contributed by atoms with Gasteiger partial charge in [0, 0.05) is 17.7 Å². The summed E-state index contributed by atoms with van der Waals surface area (Å²) < 4.78 is 10.3. The normalized spacial score (nSPS) is 10.1. The molecule has 0 aliphatic heterocycles. The van der Waals surface area contributed by atoms with Crippen LogP contribution in [0.3, 0.4) is 0 Å². The number of benzene rings is 1. The Hall–Kier alpha value is -2.83. The van der Waals surface area contributed by atoms with Crippen LogP contribution in [0.1, 0.15) is 0 Å². The topological polar surface area (TPSA) is 94.5 Å². The Balaban J connectivity index is 2.54. The highest BCUT2D eigenvalue weighted by molar-refractivity contribution is 5.69. The van der Waals surface area contributed by atoms with Crippen LogP contribution in [0.4, 0.5) is 5.69 Å². The molecule has 0 spiro atoms. The van der Waals surface area contributed by atoms with Crippen molar-refractivity contribution in [3.63, 3.8) is 0 Å². The number of nitrogens with one attached hydrogen (secondary N) is 1. The Morgan fingerprint density at radius 3 is 2.45 bits per heavy atom. The van der Waals surface area contributed by atoms with Gasteiger partial charge in [-0.15, -0.1) is 0 Å². The Kier molecular flexibility index (Phi) is 3.69. The molecule has 20 heavy (non-hydrogen) atoms. The lowest BCUT2D eigenvalue weighted by Crippen LogP contribution is -2.11. The van der Waals surface area contributed by atoms with E-state index in [1.807, 2.05) is 0 Å². The maximum absolute atomic E-state index is 11.6. The van der Waals surface area contributed by atoms with Crippen LogP contribution in [0.2, 0.25) is 0 Å². The molecule has 0 radical (unpaired) electrons. The van der Waals surface area contributed by atoms with Gasteiger partial charge in [0.25, 0.3) is 0 Å². The van der Waals surface area contributed by atoms with Crippen molar-refractivity contribution in [2.24, 2.45) is 0 Å². The monoisotopic (exact) mass is 276 g/mol. The molecule has 7 nitrogen and oxygen atoms in total. The van der Waals surface area contributed by atoms with Crippen molar-refractivity contribution >= 4 is 5.69 Å². The summed E-state index contributed by atoms with van der Waals surface area (Å²) in [6.07, 6.45) is 0. The molecule has 2 rings (SSSR count). The number of aromatic amines is 1. The molecule has 7 heteroatoms. The zero-order chi connectivity index (χ0) is 14.7. The Bertz CT molecular complexity index is 708. The van der Waals surface area contributed by atoms with Crippen molar-refractivity contribution in [1.82, 2.24) is 4.98 Å². The lowest BCUT2D eigenvalue weighted by atomic mass is 10.1. The lowest BCUT2D eigenvalue weighted by molar-refractivity contribution is -0.386. The van der Waals surface area contributed by atoms with Crippen LogP contribution < -0.4 is 15.0 Å². The smallest absolute Gasteiger partial charge is 0.333 e. The van der Waals surface area contributed by atoms with E-state index in [0.717, 1.165) is 6.07 Å². The fourth-order valence-electron chi connectivity index (χ4n) is 1.79. The van der Waals surface area contributed by atoms with Crippen LogP contribution >= 0.6 is 0 Å². The van der Waals surface area contributed by atoms with Gasteiger partial charge in [0.1, 0.15) is 11.5 Å². The van der Waals surface area contributed by atoms with Gasteiger partial charge in [0.15, 0.2) is 0 Å². The molecule has 0 saturated carbocycles. The predicted octanol–water partition coefficient (Wildman–Crippen LogP) is 1.97. The largest absolute Gasteiger partial charge is 0.497 e. The molecule has 0 fully saturated rings. The van der Waals surface area contributed by atoms with E-state index in [1.54, 1.807) is 18.2 Å². The molecule has 104 valence electrons. The summed E-state index contributed by atoms with van der Waals surface area (Å²) in [7, 11) is 3.02. The summed E-state index contributed by atoms with van der Waals surface area (Å²) in [4.78, 5) is 24.0. The number of hydrogen-bond acceptors (Lipinski definition) is 5. The maximum Gasteiger partial charge on any atom is 0.333 e. The molecule has 2 aromatic rings. The molecule has 0 aliphatic carbocycles. The van der Waals surface area contributed by atoms with Crippen LogP contribution in [-0.4, -0.2) is 24.1 Å². The van der Waals surface area contributed by atoms with Crippen LogP contribution in [0.5, 0.6) is 11.5 Å². The second-order valence-corrected chi connectivity index (χ2v) is 3.91. The summed E-state index contributed by atoms with van der Waals surface area (Å²) in [6.45, 7) is 0. The van der Waals surface area contributed by atoms with Crippen LogP contribution in [-0.2, 0) is 0 Å². The molecule has 0 aliphatic rings. The number of H-pyrrole nitrogens is 1. The number of ether oxygens (including phenoxy) is 2. The quantitative estimate of drug-likeness (QED) is 0.680. The fourth-order valence-corrected chi connectivity index (χ4v) is 1.79. The zero-order valence-electron chi connectivity index (χ0n) is 10.9. The molecule has 1 heterocycles. The van der Waals surface area contributed by atoms with E-state index in [1.165, 1.54) is 20.3 Å². The molecule has 0 amide bonds. The molecular formula is C13H12N2O5. The minimum absolute atomic E-state index is 0.431. The lowest BCUT2D eigenvalue weighted by Gasteiger charge is -2.10. The molecule has 1 aromatic heterocycles. The predicted molar refractivity (Wildman–Crippen MR) is 72.3 cm³/mol. The Morgan fingerprint density at radius 1 is 1.15 bits per heavy atom. The van der Waals surface area contributed by atoms with Crippen molar-refractivity contribution in [3.8, 4) is 22.8 Å². The number of pyridine rings is 1. The summed E-state index contributed by atoms with van der Waals surface area (Å²) in [5.74, 6) is 1.10. The van der Waals surface area contributed by atoms with E-state index in [2.05, 4.69) is 4.98 Å². The van der Waals surface area contributed by atoms with Crippen LogP contribution in [0, 0.1) is 10.1 Å². The van der Waals surface area contributed by atoms with Crippen molar-refractivity contribution in [2.45, 2.75) is 0 Å². The van der Waals surface area contributed by atoms with E-state index >= 15 is 0 Å². The molecule has 0 unspecified atom stereocenters. The zero-order valence-corrected chi connectivity index (χ0v) is 10.9. The maximum atomic E-state index is 11.6. The highest BCUT2D eigenvalue weighted by Gasteiger charge is 2.14. The van der Waals surface area contributed by atoms with E-state index in [-0.39, 0.29) is 0 Å². The molecule has 0 saturated heterocycles. The number of nitrogens with zero attached hydrogens (tertiary/aromatic N) is 1. The third-order valence-electron chi connectivity index (χ3n) is 2.78. The summed E-state index contributed by atoms with van der Waals surface area (Å²) in [5, 5.41) is 10.6. The highest BCUT2D eigenvalue weighted by atomic mass is 16.6. The summed E-state index contributed by atoms with van der Waals surface area (Å²) in [6, 6.07) is 7.70. The van der Waals surface area contributed by atoms with Gasteiger partial charge < -0.3 is 14.5 Å². The van der Waals surface area contributed by atoms with Crippen LogP contribution in [0.15, 0.2) is 35.1 Å². The van der Waals surface area contributed by atoms with Gasteiger partial charge in [-0.3, -0.25) is 14.9 Å². The van der Waals surface area contributed by atoms with Gasteiger partial charge in [-0.2, -0.15) is 0 Å². The second-order valence-electron chi connectivity index (χ2n) is 3.91. The third-order valence-corrected chi connectivity index (χ3v) is 2.78. The SMILES string of the molecule is COc1ccc(-c2ccc([N+](=O)[O-])c(=O)[nH]2)c(OC)c1. The fraction of sp³-hybridized carbons (Fsp3) is 0.154. The molecule has 0 bridgehead atoms. The average molecular weight is 276 g/mol. The van der Waals surface area contributed by atoms with Gasteiger partial charge >= 0.3 is 11.2 Å². The van der Waals surface area contributed by atoms with E-state index in [0.29, 0.717) is 22.8 Å². The molecular weight excluding hydrogens is 264 g/mol. The first kappa shape index (κ1) is 13.6. The number of nitro groups is 1. The second kappa shape index (κ2) is 5.43. The standard InChI is InChI=1S/C13H12N2O5/c1-19-8-3-4-9(12(7-8)20-2)10-5-6-11(15(17)18)13(16)14-10/h3-7H,1-2H3,(H,14,16). The minimum atomic E-state index is -0.759. The van der Waals surface area contributed by atoms with E-state index < -0.39 is 16.2 Å². The summed E-state index contributed by atoms with van der Waals surface area (Å²) in [5.41, 5.74) is -0.216. The first-order valence-electron chi connectivity index (χ1n) is 5.67. The molecule has 1 N–H and O–H groups in total. The van der Waals surface area contributed by atoms with Gasteiger partial charge in [-0.05, 0) is 18.2 Å². The van der Waals surface area contributed by atoms with Crippen molar-refractivity contribution < 1.29 is 14.4 Å². The molecule has 1 aromatic carbocycles. The van der Waals surface area contributed by atoms with Gasteiger partial charge in [0.2, 0.25) is 0 Å². The minimum Gasteiger partial charge on any atom is -0.497 e. The summed E-state index contributed by atoms with van der Waals surface area (Å²) >= 11 is 0. The first-order valence-corrected chi connectivity index (χ1v) is 5.67. The Morgan fingerprint density at radius 2 is 1.90 bits per heavy atom. The number of aromatic nitrogens is 1. The number of methoxy groups -OCH3 is 2. The molecule has 0 atom stereocenters. The third kappa shape index (κ3) is 2.46. The van der Waals surface area contributed by atoms with E-state index in [4.69, 9.17) is 9.47 Å². The van der Waals surface area contributed by atoms with Gasteiger partial charge in [-0.1, -0.05) is 0 Å². The Labute approximate surface area is 113 Å². The van der Waals surface area contributed by atoms with Crippen molar-refractivity contribution in [3.05, 3.63) is 50.8 Å². The first-order chi connectivity index (χ1) is 9.56. The van der Waals surface area contributed by atoms with Gasteiger partial charge in [-0.25, -0.2) is 0 Å². The van der Waals surface area contributed by atoms with Crippen LogP contribution in [0.25, 0.3) is 11.3 Å². The average Bonchev–Trinajstić information content (AvgIpc) is 2.46. The highest BCUT2D eigenvalue weighted by Crippen LogP contribution is 2.31.